The molecule has 1 heterocycles. The lowest BCUT2D eigenvalue weighted by atomic mass is 9.66. The summed E-state index contributed by atoms with van der Waals surface area (Å²) in [4.78, 5) is 8.65. The fourth-order valence-corrected chi connectivity index (χ4v) is 2.04. The lowest BCUT2D eigenvalue weighted by molar-refractivity contribution is 0.215. The Morgan fingerprint density at radius 1 is 1.31 bits per heavy atom. The van der Waals surface area contributed by atoms with Gasteiger partial charge in [-0.2, -0.15) is 0 Å². The van der Waals surface area contributed by atoms with Crippen molar-refractivity contribution in [2.75, 3.05) is 6.54 Å². The van der Waals surface area contributed by atoms with E-state index in [4.69, 9.17) is 5.73 Å². The van der Waals surface area contributed by atoms with Gasteiger partial charge in [-0.1, -0.05) is 6.42 Å². The maximum Gasteiger partial charge on any atom is 0.134 e. The van der Waals surface area contributed by atoms with Crippen LogP contribution in [0.2, 0.25) is 0 Å². The second kappa shape index (κ2) is 3.42. The lowest BCUT2D eigenvalue weighted by Gasteiger charge is -2.40. The first-order valence-corrected chi connectivity index (χ1v) is 4.85. The van der Waals surface area contributed by atoms with Crippen LogP contribution < -0.4 is 5.73 Å². The van der Waals surface area contributed by atoms with Crippen LogP contribution in [0.25, 0.3) is 0 Å². The molecule has 0 unspecified atom stereocenters. The van der Waals surface area contributed by atoms with Crippen molar-refractivity contribution in [3.63, 3.8) is 0 Å². The van der Waals surface area contributed by atoms with Gasteiger partial charge in [0, 0.05) is 17.8 Å². The van der Waals surface area contributed by atoms with Crippen LogP contribution in [-0.2, 0) is 5.41 Å². The van der Waals surface area contributed by atoms with Gasteiger partial charge in [-0.15, -0.1) is 0 Å². The molecule has 3 nitrogen and oxygen atoms in total. The second-order valence-electron chi connectivity index (χ2n) is 3.74. The number of nitrogens with two attached hydrogens (primary N) is 1. The first kappa shape index (κ1) is 8.63. The summed E-state index contributed by atoms with van der Waals surface area (Å²) in [7, 11) is 0. The molecule has 0 amide bonds. The van der Waals surface area contributed by atoms with E-state index in [1.807, 2.05) is 18.5 Å². The molecule has 0 spiro atoms. The van der Waals surface area contributed by atoms with Gasteiger partial charge in [-0.05, 0) is 31.9 Å². The summed E-state index contributed by atoms with van der Waals surface area (Å²) in [5.74, 6) is 0.992. The smallest absolute Gasteiger partial charge is 0.134 e. The summed E-state index contributed by atoms with van der Waals surface area (Å²) in [5.41, 5.74) is 5.82. The van der Waals surface area contributed by atoms with E-state index in [2.05, 4.69) is 9.97 Å². The highest BCUT2D eigenvalue weighted by molar-refractivity contribution is 5.12. The van der Waals surface area contributed by atoms with Gasteiger partial charge < -0.3 is 5.73 Å². The summed E-state index contributed by atoms with van der Waals surface area (Å²) in [6, 6.07) is 1.86. The van der Waals surface area contributed by atoms with Crippen LogP contribution in [-0.4, -0.2) is 16.5 Å². The fraction of sp³-hybridized carbons (Fsp3) is 0.600. The Hall–Kier alpha value is -0.960. The minimum atomic E-state index is 0.218. The predicted molar refractivity (Wildman–Crippen MR) is 51.2 cm³/mol. The highest BCUT2D eigenvalue weighted by Crippen LogP contribution is 2.44. The molecule has 70 valence electrons. The Bertz CT molecular complexity index is 267. The monoisotopic (exact) mass is 177 g/mol. The minimum absolute atomic E-state index is 0.218. The van der Waals surface area contributed by atoms with Crippen LogP contribution in [0, 0.1) is 0 Å². The van der Waals surface area contributed by atoms with Crippen molar-refractivity contribution in [1.82, 2.24) is 9.97 Å². The van der Waals surface area contributed by atoms with E-state index in [-0.39, 0.29) is 5.41 Å². The van der Waals surface area contributed by atoms with Crippen LogP contribution in [0.1, 0.15) is 31.5 Å². The topological polar surface area (TPSA) is 51.8 Å². The van der Waals surface area contributed by atoms with Crippen LogP contribution >= 0.6 is 0 Å². The number of hydrogen-bond donors (Lipinski definition) is 1. The van der Waals surface area contributed by atoms with Gasteiger partial charge in [-0.25, -0.2) is 9.97 Å². The molecule has 13 heavy (non-hydrogen) atoms. The Morgan fingerprint density at radius 3 is 2.46 bits per heavy atom. The zero-order valence-corrected chi connectivity index (χ0v) is 7.74. The first-order chi connectivity index (χ1) is 6.37. The molecule has 1 aliphatic carbocycles. The second-order valence-corrected chi connectivity index (χ2v) is 3.74. The lowest BCUT2D eigenvalue weighted by Crippen LogP contribution is -2.38. The third kappa shape index (κ3) is 1.44. The van der Waals surface area contributed by atoms with Crippen LogP contribution in [0.4, 0.5) is 0 Å². The minimum Gasteiger partial charge on any atom is -0.330 e. The molecule has 1 fully saturated rings. The number of aromatic nitrogens is 2. The summed E-state index contributed by atoms with van der Waals surface area (Å²) in [6.45, 7) is 0.734. The summed E-state index contributed by atoms with van der Waals surface area (Å²) >= 11 is 0. The van der Waals surface area contributed by atoms with Gasteiger partial charge in [0.15, 0.2) is 0 Å². The average molecular weight is 177 g/mol. The van der Waals surface area contributed by atoms with E-state index in [9.17, 15) is 0 Å². The molecule has 1 aliphatic rings. The van der Waals surface area contributed by atoms with E-state index in [0.29, 0.717) is 0 Å². The van der Waals surface area contributed by atoms with Crippen LogP contribution in [0.3, 0.4) is 0 Å². The maximum atomic E-state index is 5.61. The van der Waals surface area contributed by atoms with Gasteiger partial charge in [-0.3, -0.25) is 0 Å². The Kier molecular flexibility index (Phi) is 2.27. The molecule has 0 atom stereocenters. The molecule has 2 rings (SSSR count). The van der Waals surface area contributed by atoms with Crippen LogP contribution in [0.15, 0.2) is 18.5 Å². The number of hydrogen-bond acceptors (Lipinski definition) is 3. The Balaban J connectivity index is 2.22. The highest BCUT2D eigenvalue weighted by atomic mass is 14.9. The normalized spacial score (nSPS) is 19.5. The van der Waals surface area contributed by atoms with Crippen molar-refractivity contribution in [1.29, 1.82) is 0 Å². The van der Waals surface area contributed by atoms with Crippen molar-refractivity contribution in [3.8, 4) is 0 Å². The molecule has 0 bridgehead atoms. The zero-order chi connectivity index (χ0) is 9.15. The molecule has 0 radical (unpaired) electrons. The van der Waals surface area contributed by atoms with Crippen molar-refractivity contribution < 1.29 is 0 Å². The first-order valence-electron chi connectivity index (χ1n) is 4.85. The summed E-state index contributed by atoms with van der Waals surface area (Å²) in [5, 5.41) is 0. The van der Waals surface area contributed by atoms with Crippen molar-refractivity contribution in [2.45, 2.75) is 31.1 Å². The maximum absolute atomic E-state index is 5.61. The van der Waals surface area contributed by atoms with Crippen molar-refractivity contribution in [2.24, 2.45) is 5.73 Å². The molecule has 1 aromatic rings. The zero-order valence-electron chi connectivity index (χ0n) is 7.74. The molecule has 1 saturated carbocycles. The van der Waals surface area contributed by atoms with Gasteiger partial charge >= 0.3 is 0 Å². The van der Waals surface area contributed by atoms with E-state index in [1.54, 1.807) is 0 Å². The Morgan fingerprint density at radius 2 is 2.00 bits per heavy atom. The van der Waals surface area contributed by atoms with Crippen LogP contribution in [0.5, 0.6) is 0 Å². The molecule has 3 heteroatoms. The van der Waals surface area contributed by atoms with Crippen molar-refractivity contribution in [3.05, 3.63) is 24.3 Å². The Labute approximate surface area is 78.4 Å². The van der Waals surface area contributed by atoms with Crippen molar-refractivity contribution >= 4 is 0 Å². The molecular weight excluding hydrogens is 162 g/mol. The van der Waals surface area contributed by atoms with E-state index >= 15 is 0 Å². The molecule has 0 saturated heterocycles. The molecule has 2 N–H and O–H groups in total. The largest absolute Gasteiger partial charge is 0.330 e. The third-order valence-corrected chi connectivity index (χ3v) is 2.97. The molecular formula is C10H15N3. The quantitative estimate of drug-likeness (QED) is 0.756. The number of nitrogens with zero attached hydrogens (tertiary/aromatic N) is 2. The molecule has 0 aliphatic heterocycles. The molecule has 0 aromatic carbocycles. The average Bonchev–Trinajstić information content (AvgIpc) is 2.13. The molecule has 1 aromatic heterocycles. The third-order valence-electron chi connectivity index (χ3n) is 2.97. The highest BCUT2D eigenvalue weighted by Gasteiger charge is 2.40. The fourth-order valence-electron chi connectivity index (χ4n) is 2.04. The predicted octanol–water partition coefficient (Wildman–Crippen LogP) is 1.25. The van der Waals surface area contributed by atoms with E-state index in [1.165, 1.54) is 19.3 Å². The van der Waals surface area contributed by atoms with Gasteiger partial charge in [0.1, 0.15) is 5.82 Å². The van der Waals surface area contributed by atoms with E-state index in [0.717, 1.165) is 18.8 Å². The van der Waals surface area contributed by atoms with Gasteiger partial charge in [0.2, 0.25) is 0 Å². The van der Waals surface area contributed by atoms with Gasteiger partial charge in [0.25, 0.3) is 0 Å². The van der Waals surface area contributed by atoms with Gasteiger partial charge in [0.05, 0.1) is 0 Å². The SMILES string of the molecule is NCCC1(c2ncccn2)CCC1. The summed E-state index contributed by atoms with van der Waals surface area (Å²) < 4.78 is 0. The summed E-state index contributed by atoms with van der Waals surface area (Å²) in [6.07, 6.45) is 8.36. The van der Waals surface area contributed by atoms with E-state index < -0.39 is 0 Å². The number of rotatable bonds is 3. The standard InChI is InChI=1S/C10H15N3/c11-6-5-10(3-1-4-10)9-12-7-2-8-13-9/h2,7-8H,1,3-6,11H2.